The van der Waals surface area contributed by atoms with Crippen LogP contribution in [-0.4, -0.2) is 10.9 Å². The number of anilines is 1. The lowest BCUT2D eigenvalue weighted by molar-refractivity contribution is -0.137. The smallest absolute Gasteiger partial charge is 0.418 e. The number of hydrogen-bond acceptors (Lipinski definition) is 4. The fourth-order valence-corrected chi connectivity index (χ4v) is 3.15. The summed E-state index contributed by atoms with van der Waals surface area (Å²) in [7, 11) is 0. The minimum absolute atomic E-state index is 0.0562. The van der Waals surface area contributed by atoms with E-state index in [1.54, 1.807) is 0 Å². The van der Waals surface area contributed by atoms with Crippen molar-refractivity contribution in [3.05, 3.63) is 53.0 Å². The van der Waals surface area contributed by atoms with Crippen LogP contribution in [0.2, 0.25) is 0 Å². The third-order valence-corrected chi connectivity index (χ3v) is 4.32. The molecule has 1 amide bonds. The highest BCUT2D eigenvalue weighted by Gasteiger charge is 2.34. The molecule has 0 aliphatic heterocycles. The van der Waals surface area contributed by atoms with Gasteiger partial charge in [-0.1, -0.05) is 12.1 Å². The van der Waals surface area contributed by atoms with Crippen molar-refractivity contribution in [2.75, 3.05) is 5.32 Å². The van der Waals surface area contributed by atoms with Gasteiger partial charge in [-0.05, 0) is 30.3 Å². The van der Waals surface area contributed by atoms with E-state index in [2.05, 4.69) is 10.3 Å². The summed E-state index contributed by atoms with van der Waals surface area (Å²) in [4.78, 5) is 15.4. The lowest BCUT2D eigenvalue weighted by Crippen LogP contribution is -2.14. The van der Waals surface area contributed by atoms with Crippen molar-refractivity contribution in [1.29, 1.82) is 0 Å². The topological polar surface area (TPSA) is 51.2 Å². The Labute approximate surface area is 145 Å². The zero-order valence-corrected chi connectivity index (χ0v) is 13.9. The summed E-state index contributed by atoms with van der Waals surface area (Å²) in [6, 6.07) is 11.0. The molecule has 0 saturated carbocycles. The minimum Gasteiger partial charge on any atom is -0.486 e. The molecule has 0 aliphatic carbocycles. The SMILES string of the molecule is CC(=O)Nc1ccc(OCc2nc3ccccc3s2)cc1C(F)(F)F. The Bertz CT molecular complexity index is 889. The Hall–Kier alpha value is -2.61. The Balaban J connectivity index is 1.81. The van der Waals surface area contributed by atoms with Gasteiger partial charge in [0.25, 0.3) is 0 Å². The molecule has 0 unspecified atom stereocenters. The molecule has 130 valence electrons. The Morgan fingerprint density at radius 1 is 1.24 bits per heavy atom. The number of ether oxygens (including phenoxy) is 1. The number of hydrogen-bond donors (Lipinski definition) is 1. The fourth-order valence-electron chi connectivity index (χ4n) is 2.27. The number of benzene rings is 2. The van der Waals surface area contributed by atoms with Crippen LogP contribution in [0.5, 0.6) is 5.75 Å². The lowest BCUT2D eigenvalue weighted by Gasteiger charge is -2.14. The maximum atomic E-state index is 13.2. The standard InChI is InChI=1S/C17H13F3N2O2S/c1-10(23)21-13-7-6-11(8-12(13)17(18,19)20)24-9-16-22-14-4-2-3-5-15(14)25-16/h2-8H,9H2,1H3,(H,21,23). The highest BCUT2D eigenvalue weighted by atomic mass is 32.1. The largest absolute Gasteiger partial charge is 0.486 e. The van der Waals surface area contributed by atoms with E-state index >= 15 is 0 Å². The van der Waals surface area contributed by atoms with Gasteiger partial charge in [0.1, 0.15) is 17.4 Å². The number of carbonyl (C=O) groups excluding carboxylic acids is 1. The average molecular weight is 366 g/mol. The summed E-state index contributed by atoms with van der Waals surface area (Å²) >= 11 is 1.42. The van der Waals surface area contributed by atoms with Crippen LogP contribution in [0.4, 0.5) is 18.9 Å². The van der Waals surface area contributed by atoms with Gasteiger partial charge in [0.05, 0.1) is 21.5 Å². The van der Waals surface area contributed by atoms with E-state index in [1.807, 2.05) is 24.3 Å². The van der Waals surface area contributed by atoms with Crippen molar-refractivity contribution in [2.24, 2.45) is 0 Å². The van der Waals surface area contributed by atoms with Crippen molar-refractivity contribution in [1.82, 2.24) is 4.98 Å². The highest BCUT2D eigenvalue weighted by Crippen LogP contribution is 2.37. The van der Waals surface area contributed by atoms with E-state index in [9.17, 15) is 18.0 Å². The third kappa shape index (κ3) is 4.08. The van der Waals surface area contributed by atoms with Gasteiger partial charge in [0, 0.05) is 6.92 Å². The predicted octanol–water partition coefficient (Wildman–Crippen LogP) is 4.85. The summed E-state index contributed by atoms with van der Waals surface area (Å²) in [6.45, 7) is 1.22. The average Bonchev–Trinajstić information content (AvgIpc) is 2.95. The van der Waals surface area contributed by atoms with Crippen LogP contribution in [-0.2, 0) is 17.6 Å². The van der Waals surface area contributed by atoms with Gasteiger partial charge in [-0.15, -0.1) is 11.3 Å². The first-order valence-corrected chi connectivity index (χ1v) is 8.10. The Morgan fingerprint density at radius 2 is 2.00 bits per heavy atom. The van der Waals surface area contributed by atoms with Gasteiger partial charge in [0.15, 0.2) is 0 Å². The van der Waals surface area contributed by atoms with Crippen molar-refractivity contribution in [3.63, 3.8) is 0 Å². The van der Waals surface area contributed by atoms with Gasteiger partial charge in [-0.3, -0.25) is 4.79 Å². The summed E-state index contributed by atoms with van der Waals surface area (Å²) in [6.07, 6.45) is -4.60. The van der Waals surface area contributed by atoms with E-state index in [1.165, 1.54) is 23.5 Å². The summed E-state index contributed by atoms with van der Waals surface area (Å²) in [5.41, 5.74) is -0.431. The maximum Gasteiger partial charge on any atom is 0.418 e. The van der Waals surface area contributed by atoms with Crippen LogP contribution in [0.3, 0.4) is 0 Å². The van der Waals surface area contributed by atoms with Crippen LogP contribution in [0, 0.1) is 0 Å². The van der Waals surface area contributed by atoms with Gasteiger partial charge < -0.3 is 10.1 Å². The van der Waals surface area contributed by atoms with Gasteiger partial charge in [-0.25, -0.2) is 4.98 Å². The number of para-hydroxylation sites is 1. The molecule has 0 radical (unpaired) electrons. The third-order valence-electron chi connectivity index (χ3n) is 3.31. The number of amides is 1. The van der Waals surface area contributed by atoms with Crippen molar-refractivity contribution < 1.29 is 22.7 Å². The molecule has 0 fully saturated rings. The molecule has 4 nitrogen and oxygen atoms in total. The number of alkyl halides is 3. The molecule has 0 saturated heterocycles. The number of nitrogens with one attached hydrogen (secondary N) is 1. The summed E-state index contributed by atoms with van der Waals surface area (Å²) in [5, 5.41) is 2.84. The Kier molecular flexibility index (Phi) is 4.63. The summed E-state index contributed by atoms with van der Waals surface area (Å²) in [5.74, 6) is -0.519. The van der Waals surface area contributed by atoms with E-state index in [4.69, 9.17) is 4.74 Å². The van der Waals surface area contributed by atoms with Gasteiger partial charge in [-0.2, -0.15) is 13.2 Å². The zero-order chi connectivity index (χ0) is 18.0. The normalized spacial score (nSPS) is 11.5. The molecule has 0 aliphatic rings. The molecule has 8 heteroatoms. The second-order valence-electron chi connectivity index (χ2n) is 5.25. The molecular formula is C17H13F3N2O2S. The molecule has 0 atom stereocenters. The first kappa shape index (κ1) is 17.2. The highest BCUT2D eigenvalue weighted by molar-refractivity contribution is 7.18. The number of nitrogens with zero attached hydrogens (tertiary/aromatic N) is 1. The number of thiazole rings is 1. The van der Waals surface area contributed by atoms with E-state index in [0.717, 1.165) is 23.2 Å². The molecule has 0 bridgehead atoms. The van der Waals surface area contributed by atoms with E-state index in [0.29, 0.717) is 5.01 Å². The number of rotatable bonds is 4. The monoisotopic (exact) mass is 366 g/mol. The molecule has 25 heavy (non-hydrogen) atoms. The molecule has 1 heterocycles. The molecular weight excluding hydrogens is 353 g/mol. The minimum atomic E-state index is -4.60. The number of aromatic nitrogens is 1. The van der Waals surface area contributed by atoms with Crippen molar-refractivity contribution >= 4 is 33.1 Å². The van der Waals surface area contributed by atoms with Gasteiger partial charge >= 0.3 is 6.18 Å². The Morgan fingerprint density at radius 3 is 2.68 bits per heavy atom. The van der Waals surface area contributed by atoms with Crippen molar-refractivity contribution in [3.8, 4) is 5.75 Å². The molecule has 2 aromatic carbocycles. The van der Waals surface area contributed by atoms with Crippen molar-refractivity contribution in [2.45, 2.75) is 19.7 Å². The zero-order valence-electron chi connectivity index (χ0n) is 13.1. The van der Waals surface area contributed by atoms with E-state index in [-0.39, 0.29) is 18.0 Å². The van der Waals surface area contributed by atoms with Crippen LogP contribution < -0.4 is 10.1 Å². The predicted molar refractivity (Wildman–Crippen MR) is 89.7 cm³/mol. The molecule has 1 aromatic heterocycles. The fraction of sp³-hybridized carbons (Fsp3) is 0.176. The molecule has 3 rings (SSSR count). The quantitative estimate of drug-likeness (QED) is 0.718. The number of carbonyl (C=O) groups is 1. The van der Waals surface area contributed by atoms with E-state index < -0.39 is 17.6 Å². The molecule has 1 N–H and O–H groups in total. The lowest BCUT2D eigenvalue weighted by atomic mass is 10.1. The van der Waals surface area contributed by atoms with Crippen LogP contribution in [0.25, 0.3) is 10.2 Å². The van der Waals surface area contributed by atoms with Crippen LogP contribution >= 0.6 is 11.3 Å². The molecule has 3 aromatic rings. The number of halogens is 3. The van der Waals surface area contributed by atoms with Gasteiger partial charge in [0.2, 0.25) is 5.91 Å². The second-order valence-corrected chi connectivity index (χ2v) is 6.37. The number of fused-ring (bicyclic) bond motifs is 1. The maximum absolute atomic E-state index is 13.2. The van der Waals surface area contributed by atoms with Crippen LogP contribution in [0.15, 0.2) is 42.5 Å². The first-order valence-electron chi connectivity index (χ1n) is 7.29. The second kappa shape index (κ2) is 6.72. The summed E-state index contributed by atoms with van der Waals surface area (Å²) < 4.78 is 45.9. The first-order chi connectivity index (χ1) is 11.8. The molecule has 0 spiro atoms. The van der Waals surface area contributed by atoms with Crippen LogP contribution in [0.1, 0.15) is 17.5 Å².